The van der Waals surface area contributed by atoms with E-state index in [9.17, 15) is 4.79 Å². The molecule has 1 amide bonds. The molecule has 1 unspecified atom stereocenters. The Kier molecular flexibility index (Phi) is 6.50. The summed E-state index contributed by atoms with van der Waals surface area (Å²) in [6, 6.07) is 0. The zero-order chi connectivity index (χ0) is 13.0. The van der Waals surface area contributed by atoms with Crippen LogP contribution in [-0.4, -0.2) is 48.1 Å². The van der Waals surface area contributed by atoms with Crippen molar-refractivity contribution in [1.29, 1.82) is 0 Å². The molecular formula is C11H19ClN4O2S. The highest BCUT2D eigenvalue weighted by atomic mass is 35.5. The van der Waals surface area contributed by atoms with Crippen LogP contribution in [0.3, 0.4) is 0 Å². The molecule has 6 nitrogen and oxygen atoms in total. The molecule has 0 radical (unpaired) electrons. The molecule has 0 aliphatic carbocycles. The Morgan fingerprint density at radius 1 is 1.74 bits per heavy atom. The molecule has 0 aromatic carbocycles. The molecule has 19 heavy (non-hydrogen) atoms. The maximum absolute atomic E-state index is 10.9. The Balaban J connectivity index is 0.00000180. The second-order valence-electron chi connectivity index (χ2n) is 4.33. The zero-order valence-corrected chi connectivity index (χ0v) is 12.4. The molecule has 1 aromatic heterocycles. The molecule has 0 spiro atoms. The Morgan fingerprint density at radius 2 is 2.53 bits per heavy atom. The van der Waals surface area contributed by atoms with Crippen molar-refractivity contribution in [2.24, 2.45) is 0 Å². The number of carbonyl (C=O) groups excluding carboxylic acids is 1. The number of amides is 1. The van der Waals surface area contributed by atoms with Gasteiger partial charge in [-0.3, -0.25) is 9.69 Å². The first-order chi connectivity index (χ1) is 8.63. The van der Waals surface area contributed by atoms with Gasteiger partial charge in [-0.15, -0.1) is 23.7 Å². The molecule has 0 bridgehead atoms. The third kappa shape index (κ3) is 5.32. The topological polar surface area (TPSA) is 80.5 Å². The maximum atomic E-state index is 10.9. The van der Waals surface area contributed by atoms with Gasteiger partial charge in [0.15, 0.2) is 5.13 Å². The summed E-state index contributed by atoms with van der Waals surface area (Å²) in [5.74, 6) is -0.0223. The van der Waals surface area contributed by atoms with Crippen molar-refractivity contribution in [3.63, 3.8) is 0 Å². The summed E-state index contributed by atoms with van der Waals surface area (Å²) in [7, 11) is 0. The number of carbonyl (C=O) groups is 1. The first kappa shape index (κ1) is 16.2. The van der Waals surface area contributed by atoms with E-state index in [0.29, 0.717) is 18.3 Å². The van der Waals surface area contributed by atoms with Crippen molar-refractivity contribution in [3.8, 4) is 0 Å². The number of halogens is 1. The summed E-state index contributed by atoms with van der Waals surface area (Å²) in [6.45, 7) is 5.33. The van der Waals surface area contributed by atoms with E-state index in [4.69, 9.17) is 10.5 Å². The SMILES string of the molecule is CC(=O)NCC1CN(Cc2cnc(N)s2)CCO1.Cl. The average molecular weight is 307 g/mol. The lowest BCUT2D eigenvalue weighted by atomic mass is 10.2. The van der Waals surface area contributed by atoms with Gasteiger partial charge >= 0.3 is 0 Å². The van der Waals surface area contributed by atoms with Crippen LogP contribution in [0.25, 0.3) is 0 Å². The number of anilines is 1. The van der Waals surface area contributed by atoms with Crippen LogP contribution in [-0.2, 0) is 16.1 Å². The molecule has 108 valence electrons. The summed E-state index contributed by atoms with van der Waals surface area (Å²) >= 11 is 1.52. The van der Waals surface area contributed by atoms with Crippen LogP contribution in [0.5, 0.6) is 0 Å². The van der Waals surface area contributed by atoms with Gasteiger partial charge in [0.1, 0.15) is 0 Å². The first-order valence-corrected chi connectivity index (χ1v) is 6.73. The van der Waals surface area contributed by atoms with E-state index in [-0.39, 0.29) is 24.4 Å². The number of nitrogens with zero attached hydrogens (tertiary/aromatic N) is 2. The monoisotopic (exact) mass is 306 g/mol. The van der Waals surface area contributed by atoms with E-state index < -0.39 is 0 Å². The van der Waals surface area contributed by atoms with E-state index in [2.05, 4.69) is 15.2 Å². The molecule has 1 fully saturated rings. The number of thiazole rings is 1. The largest absolute Gasteiger partial charge is 0.375 e. The van der Waals surface area contributed by atoms with Crippen molar-refractivity contribution in [3.05, 3.63) is 11.1 Å². The van der Waals surface area contributed by atoms with Crippen LogP contribution in [0.15, 0.2) is 6.20 Å². The van der Waals surface area contributed by atoms with E-state index in [0.717, 1.165) is 24.5 Å². The van der Waals surface area contributed by atoms with Crippen LogP contribution in [0.1, 0.15) is 11.8 Å². The summed E-state index contributed by atoms with van der Waals surface area (Å²) in [5, 5.41) is 3.39. The second kappa shape index (κ2) is 7.64. The van der Waals surface area contributed by atoms with Crippen LogP contribution >= 0.6 is 23.7 Å². The van der Waals surface area contributed by atoms with Gasteiger partial charge in [-0.05, 0) is 0 Å². The molecule has 1 atom stereocenters. The fourth-order valence-corrected chi connectivity index (χ4v) is 2.65. The van der Waals surface area contributed by atoms with E-state index >= 15 is 0 Å². The number of rotatable bonds is 4. The lowest BCUT2D eigenvalue weighted by molar-refractivity contribution is -0.120. The normalized spacial score (nSPS) is 19.7. The van der Waals surface area contributed by atoms with Crippen molar-refractivity contribution >= 4 is 34.8 Å². The van der Waals surface area contributed by atoms with Gasteiger partial charge in [0.2, 0.25) is 5.91 Å². The highest BCUT2D eigenvalue weighted by molar-refractivity contribution is 7.15. The fraction of sp³-hybridized carbons (Fsp3) is 0.636. The number of morpholine rings is 1. The molecule has 3 N–H and O–H groups in total. The van der Waals surface area contributed by atoms with Gasteiger partial charge < -0.3 is 15.8 Å². The highest BCUT2D eigenvalue weighted by Gasteiger charge is 2.21. The standard InChI is InChI=1S/C11H18N4O2S.ClH/c1-8(16)13-4-9-6-15(2-3-17-9)7-10-5-14-11(12)18-10;/h5,9H,2-4,6-7H2,1H3,(H2,12,14)(H,13,16);1H. The summed E-state index contributed by atoms with van der Waals surface area (Å²) in [6.07, 6.45) is 1.88. The van der Waals surface area contributed by atoms with Crippen molar-refractivity contribution in [1.82, 2.24) is 15.2 Å². The number of nitrogen functional groups attached to an aromatic ring is 1. The van der Waals surface area contributed by atoms with Crippen LogP contribution < -0.4 is 11.1 Å². The number of aromatic nitrogens is 1. The van der Waals surface area contributed by atoms with Gasteiger partial charge in [0.25, 0.3) is 0 Å². The quantitative estimate of drug-likeness (QED) is 0.846. The molecular weight excluding hydrogens is 288 g/mol. The number of nitrogens with two attached hydrogens (primary N) is 1. The Labute approximate surface area is 122 Å². The lowest BCUT2D eigenvalue weighted by Gasteiger charge is -2.32. The van der Waals surface area contributed by atoms with E-state index in [1.54, 1.807) is 0 Å². The maximum Gasteiger partial charge on any atom is 0.216 e. The second-order valence-corrected chi connectivity index (χ2v) is 5.48. The van der Waals surface area contributed by atoms with Gasteiger partial charge in [0.05, 0.1) is 12.7 Å². The first-order valence-electron chi connectivity index (χ1n) is 5.92. The number of nitrogens with one attached hydrogen (secondary N) is 1. The van der Waals surface area contributed by atoms with Crippen LogP contribution in [0.2, 0.25) is 0 Å². The van der Waals surface area contributed by atoms with E-state index in [1.165, 1.54) is 18.3 Å². The predicted octanol–water partition coefficient (Wildman–Crippen LogP) is 0.484. The van der Waals surface area contributed by atoms with Crippen LogP contribution in [0.4, 0.5) is 5.13 Å². The minimum atomic E-state index is -0.0223. The Hall–Kier alpha value is -0.890. The molecule has 1 saturated heterocycles. The Morgan fingerprint density at radius 3 is 3.16 bits per heavy atom. The molecule has 0 saturated carbocycles. The molecule has 8 heteroatoms. The van der Waals surface area contributed by atoms with Gasteiger partial charge in [-0.25, -0.2) is 4.98 Å². The number of hydrogen-bond acceptors (Lipinski definition) is 6. The number of hydrogen-bond donors (Lipinski definition) is 2. The molecule has 1 aromatic rings. The molecule has 1 aliphatic heterocycles. The summed E-state index contributed by atoms with van der Waals surface area (Å²) in [4.78, 5) is 18.4. The minimum Gasteiger partial charge on any atom is -0.375 e. The molecule has 2 rings (SSSR count). The number of ether oxygens (including phenoxy) is 1. The van der Waals surface area contributed by atoms with Gasteiger partial charge in [-0.2, -0.15) is 0 Å². The van der Waals surface area contributed by atoms with Crippen LogP contribution in [0, 0.1) is 0 Å². The van der Waals surface area contributed by atoms with Crippen molar-refractivity contribution in [2.45, 2.75) is 19.6 Å². The lowest BCUT2D eigenvalue weighted by Crippen LogP contribution is -2.46. The zero-order valence-electron chi connectivity index (χ0n) is 10.8. The third-order valence-electron chi connectivity index (χ3n) is 2.75. The van der Waals surface area contributed by atoms with Crippen molar-refractivity contribution < 1.29 is 9.53 Å². The third-order valence-corrected chi connectivity index (χ3v) is 3.56. The highest BCUT2D eigenvalue weighted by Crippen LogP contribution is 2.17. The van der Waals surface area contributed by atoms with Gasteiger partial charge in [-0.1, -0.05) is 0 Å². The smallest absolute Gasteiger partial charge is 0.216 e. The predicted molar refractivity (Wildman–Crippen MR) is 77.5 cm³/mol. The molecule has 1 aliphatic rings. The summed E-state index contributed by atoms with van der Waals surface area (Å²) in [5.41, 5.74) is 5.61. The summed E-state index contributed by atoms with van der Waals surface area (Å²) < 4.78 is 5.61. The minimum absolute atomic E-state index is 0. The van der Waals surface area contributed by atoms with E-state index in [1.807, 2.05) is 6.20 Å². The average Bonchev–Trinajstić information content (AvgIpc) is 2.73. The van der Waals surface area contributed by atoms with Crippen molar-refractivity contribution in [2.75, 3.05) is 32.0 Å². The Bertz CT molecular complexity index is 415. The van der Waals surface area contributed by atoms with Gasteiger partial charge in [0, 0.05) is 44.2 Å². The fourth-order valence-electron chi connectivity index (χ4n) is 1.92. The molecule has 2 heterocycles.